The van der Waals surface area contributed by atoms with Crippen LogP contribution in [0.1, 0.15) is 34.3 Å². The number of amides is 2. The van der Waals surface area contributed by atoms with Gasteiger partial charge in [0.15, 0.2) is 0 Å². The topological polar surface area (TPSA) is 40.6 Å². The number of nitrogens with zero attached hydrogens (tertiary/aromatic N) is 2. The average Bonchev–Trinajstić information content (AvgIpc) is 3.40. The molecule has 4 nitrogen and oxygen atoms in total. The minimum Gasteiger partial charge on any atom is -0.334 e. The van der Waals surface area contributed by atoms with Gasteiger partial charge in [0.25, 0.3) is 5.91 Å². The van der Waals surface area contributed by atoms with E-state index in [1.54, 1.807) is 4.90 Å². The Bertz CT molecular complexity index is 768. The largest absolute Gasteiger partial charge is 0.334 e. The van der Waals surface area contributed by atoms with Crippen molar-refractivity contribution < 1.29 is 9.59 Å². The summed E-state index contributed by atoms with van der Waals surface area (Å²) < 4.78 is 0. The Labute approximate surface area is 141 Å². The second-order valence-electron chi connectivity index (χ2n) is 6.56. The third-order valence-electron chi connectivity index (χ3n) is 4.73. The molecule has 122 valence electrons. The summed E-state index contributed by atoms with van der Waals surface area (Å²) in [5, 5.41) is 0. The molecule has 1 aliphatic carbocycles. The minimum atomic E-state index is -0.0330. The Balaban J connectivity index is 1.46. The van der Waals surface area contributed by atoms with Crippen molar-refractivity contribution >= 4 is 11.8 Å². The summed E-state index contributed by atoms with van der Waals surface area (Å²) in [6.45, 7) is 1.32. The number of carbonyl (C=O) groups is 2. The Morgan fingerprint density at radius 2 is 1.75 bits per heavy atom. The molecule has 0 aromatic heterocycles. The van der Waals surface area contributed by atoms with Gasteiger partial charge in [0.2, 0.25) is 5.91 Å². The SMILES string of the molecule is O=C1c2ccccc2CN1CC(=O)N(Cc1ccccc1)C1CC1. The number of hydrogen-bond acceptors (Lipinski definition) is 2. The molecule has 2 aromatic carbocycles. The van der Waals surface area contributed by atoms with Crippen molar-refractivity contribution in [2.45, 2.75) is 32.0 Å². The molecule has 0 N–H and O–H groups in total. The molecule has 0 bridgehead atoms. The summed E-state index contributed by atoms with van der Waals surface area (Å²) in [7, 11) is 0. The number of fused-ring (bicyclic) bond motifs is 1. The summed E-state index contributed by atoms with van der Waals surface area (Å²) in [6.07, 6.45) is 2.12. The lowest BCUT2D eigenvalue weighted by molar-refractivity contribution is -0.133. The van der Waals surface area contributed by atoms with E-state index in [0.29, 0.717) is 19.1 Å². The number of benzene rings is 2. The molecule has 2 aromatic rings. The van der Waals surface area contributed by atoms with Crippen LogP contribution in [0.3, 0.4) is 0 Å². The summed E-state index contributed by atoms with van der Waals surface area (Å²) in [5.41, 5.74) is 2.87. The predicted molar refractivity (Wildman–Crippen MR) is 91.2 cm³/mol. The second-order valence-corrected chi connectivity index (χ2v) is 6.56. The van der Waals surface area contributed by atoms with Gasteiger partial charge in [-0.25, -0.2) is 0 Å². The highest BCUT2D eigenvalue weighted by atomic mass is 16.2. The van der Waals surface area contributed by atoms with Gasteiger partial charge in [-0.05, 0) is 30.0 Å². The molecule has 1 aliphatic heterocycles. The third kappa shape index (κ3) is 2.92. The van der Waals surface area contributed by atoms with Crippen molar-refractivity contribution in [1.29, 1.82) is 0 Å². The minimum absolute atomic E-state index is 0.0330. The first-order valence-electron chi connectivity index (χ1n) is 8.43. The quantitative estimate of drug-likeness (QED) is 0.850. The maximum atomic E-state index is 12.8. The lowest BCUT2D eigenvalue weighted by Gasteiger charge is -2.25. The Kier molecular flexibility index (Phi) is 3.81. The van der Waals surface area contributed by atoms with E-state index in [-0.39, 0.29) is 18.4 Å². The first-order valence-corrected chi connectivity index (χ1v) is 8.43. The lowest BCUT2D eigenvalue weighted by atomic mass is 10.1. The average molecular weight is 320 g/mol. The van der Waals surface area contributed by atoms with E-state index >= 15 is 0 Å². The van der Waals surface area contributed by atoms with Gasteiger partial charge in [-0.2, -0.15) is 0 Å². The molecule has 0 unspecified atom stereocenters. The van der Waals surface area contributed by atoms with E-state index < -0.39 is 0 Å². The molecule has 1 fully saturated rings. The molecule has 0 radical (unpaired) electrons. The lowest BCUT2D eigenvalue weighted by Crippen LogP contribution is -2.41. The van der Waals surface area contributed by atoms with Gasteiger partial charge in [-0.1, -0.05) is 48.5 Å². The highest BCUT2D eigenvalue weighted by molar-refractivity contribution is 6.00. The molecule has 0 atom stereocenters. The van der Waals surface area contributed by atoms with E-state index in [4.69, 9.17) is 0 Å². The Hall–Kier alpha value is -2.62. The van der Waals surface area contributed by atoms with E-state index in [0.717, 1.165) is 29.5 Å². The van der Waals surface area contributed by atoms with Crippen LogP contribution in [-0.2, 0) is 17.9 Å². The van der Waals surface area contributed by atoms with Crippen LogP contribution in [0.25, 0.3) is 0 Å². The van der Waals surface area contributed by atoms with Crippen molar-refractivity contribution in [3.63, 3.8) is 0 Å². The summed E-state index contributed by atoms with van der Waals surface area (Å²) in [4.78, 5) is 28.9. The fraction of sp³-hybridized carbons (Fsp3) is 0.300. The van der Waals surface area contributed by atoms with Gasteiger partial charge >= 0.3 is 0 Å². The van der Waals surface area contributed by atoms with Crippen LogP contribution in [0.15, 0.2) is 54.6 Å². The zero-order chi connectivity index (χ0) is 16.5. The summed E-state index contributed by atoms with van der Waals surface area (Å²) >= 11 is 0. The molecule has 4 heteroatoms. The van der Waals surface area contributed by atoms with Gasteiger partial charge in [0.1, 0.15) is 6.54 Å². The highest BCUT2D eigenvalue weighted by Gasteiger charge is 2.35. The van der Waals surface area contributed by atoms with Crippen LogP contribution >= 0.6 is 0 Å². The van der Waals surface area contributed by atoms with Gasteiger partial charge < -0.3 is 9.80 Å². The molecule has 4 rings (SSSR count). The zero-order valence-electron chi connectivity index (χ0n) is 13.5. The van der Waals surface area contributed by atoms with Crippen molar-refractivity contribution in [2.24, 2.45) is 0 Å². The van der Waals surface area contributed by atoms with Crippen molar-refractivity contribution in [2.75, 3.05) is 6.54 Å². The van der Waals surface area contributed by atoms with Crippen LogP contribution in [0.5, 0.6) is 0 Å². The molecule has 0 saturated heterocycles. The number of carbonyl (C=O) groups excluding carboxylic acids is 2. The molecule has 1 heterocycles. The van der Waals surface area contributed by atoms with Gasteiger partial charge in [0.05, 0.1) is 0 Å². The fourth-order valence-electron chi connectivity index (χ4n) is 3.28. The second kappa shape index (κ2) is 6.11. The standard InChI is InChI=1S/C20H20N2O2/c23-19(14-21-13-16-8-4-5-9-18(16)20(21)24)22(17-10-11-17)12-15-6-2-1-3-7-15/h1-9,17H,10-14H2. The first kappa shape index (κ1) is 14.9. The predicted octanol–water partition coefficient (Wildman–Crippen LogP) is 2.83. The van der Waals surface area contributed by atoms with Gasteiger partial charge in [-0.3, -0.25) is 9.59 Å². The van der Waals surface area contributed by atoms with E-state index in [1.165, 1.54) is 0 Å². The molecular formula is C20H20N2O2. The molecule has 0 spiro atoms. The van der Waals surface area contributed by atoms with Gasteiger partial charge in [-0.15, -0.1) is 0 Å². The van der Waals surface area contributed by atoms with Crippen LogP contribution in [0.4, 0.5) is 0 Å². The normalized spacial score (nSPS) is 16.2. The third-order valence-corrected chi connectivity index (χ3v) is 4.73. The van der Waals surface area contributed by atoms with Crippen LogP contribution in [0.2, 0.25) is 0 Å². The maximum absolute atomic E-state index is 12.8. The van der Waals surface area contributed by atoms with Crippen LogP contribution in [-0.4, -0.2) is 34.2 Å². The number of hydrogen-bond donors (Lipinski definition) is 0. The van der Waals surface area contributed by atoms with Crippen molar-refractivity contribution in [3.8, 4) is 0 Å². The molecule has 2 aliphatic rings. The van der Waals surface area contributed by atoms with Crippen molar-refractivity contribution in [3.05, 3.63) is 71.3 Å². The highest BCUT2D eigenvalue weighted by Crippen LogP contribution is 2.29. The summed E-state index contributed by atoms with van der Waals surface area (Å²) in [6, 6.07) is 18.0. The maximum Gasteiger partial charge on any atom is 0.254 e. The zero-order valence-corrected chi connectivity index (χ0v) is 13.5. The van der Waals surface area contributed by atoms with Gasteiger partial charge in [0, 0.05) is 24.7 Å². The smallest absolute Gasteiger partial charge is 0.254 e. The van der Waals surface area contributed by atoms with Crippen molar-refractivity contribution in [1.82, 2.24) is 9.80 Å². The monoisotopic (exact) mass is 320 g/mol. The number of rotatable bonds is 5. The molecule has 1 saturated carbocycles. The first-order chi connectivity index (χ1) is 11.7. The molecule has 24 heavy (non-hydrogen) atoms. The van der Waals surface area contributed by atoms with Crippen LogP contribution in [0, 0.1) is 0 Å². The van der Waals surface area contributed by atoms with E-state index in [9.17, 15) is 9.59 Å². The Morgan fingerprint density at radius 1 is 1.04 bits per heavy atom. The Morgan fingerprint density at radius 3 is 2.46 bits per heavy atom. The summed E-state index contributed by atoms with van der Waals surface area (Å²) in [5.74, 6) is 0.0110. The molecular weight excluding hydrogens is 300 g/mol. The fourth-order valence-corrected chi connectivity index (χ4v) is 3.28. The van der Waals surface area contributed by atoms with E-state index in [2.05, 4.69) is 0 Å². The van der Waals surface area contributed by atoms with E-state index in [1.807, 2.05) is 59.5 Å². The molecule has 2 amide bonds. The van der Waals surface area contributed by atoms with Crippen LogP contribution < -0.4 is 0 Å².